The lowest BCUT2D eigenvalue weighted by molar-refractivity contribution is 0.0619. The number of ether oxygens (including phenoxy) is 1. The second kappa shape index (κ2) is 11.0. The second-order valence-corrected chi connectivity index (χ2v) is 3.96. The molecule has 0 saturated heterocycles. The lowest BCUT2D eigenvalue weighted by Crippen LogP contribution is -2.11. The lowest BCUT2D eigenvalue weighted by atomic mass is 10.1. The maximum atomic E-state index is 5.51. The maximum Gasteiger partial charge on any atom is 0.0572 e. The monoisotopic (exact) mass is 199 g/mol. The summed E-state index contributed by atoms with van der Waals surface area (Å²) in [5, 5.41) is 0. The topological polar surface area (TPSA) is 9.23 Å². The van der Waals surface area contributed by atoms with Crippen molar-refractivity contribution in [3.8, 4) is 0 Å². The van der Waals surface area contributed by atoms with Gasteiger partial charge < -0.3 is 4.74 Å². The van der Waals surface area contributed by atoms with Crippen LogP contribution in [0.4, 0.5) is 0 Å². The van der Waals surface area contributed by atoms with E-state index in [1.807, 2.05) is 0 Å². The Morgan fingerprint density at radius 1 is 1.00 bits per heavy atom. The average molecular weight is 199 g/mol. The quantitative estimate of drug-likeness (QED) is 0.475. The Labute approximate surface area is 90.2 Å². The number of hydrogen-bond acceptors (Lipinski definition) is 1. The van der Waals surface area contributed by atoms with E-state index in [1.54, 1.807) is 0 Å². The molecule has 0 saturated carbocycles. The Kier molecular flexibility index (Phi) is 11.0. The van der Waals surface area contributed by atoms with E-state index in [4.69, 9.17) is 4.74 Å². The van der Waals surface area contributed by atoms with Gasteiger partial charge in [0.25, 0.3) is 0 Å². The van der Waals surface area contributed by atoms with Crippen molar-refractivity contribution >= 4 is 0 Å². The molecule has 0 rings (SSSR count). The first kappa shape index (κ1) is 14.0. The lowest BCUT2D eigenvalue weighted by Gasteiger charge is -2.14. The highest BCUT2D eigenvalue weighted by molar-refractivity contribution is 4.56. The van der Waals surface area contributed by atoms with Crippen LogP contribution in [0.25, 0.3) is 0 Å². The van der Waals surface area contributed by atoms with Crippen LogP contribution < -0.4 is 0 Å². The third-order valence-electron chi connectivity index (χ3n) is 2.69. The average Bonchev–Trinajstić information content (AvgIpc) is 2.21. The minimum absolute atomic E-state index is 0.457. The number of rotatable bonds is 10. The van der Waals surface area contributed by atoms with Gasteiger partial charge >= 0.3 is 0 Å². The van der Waals surface area contributed by atoms with Crippen LogP contribution in [0.1, 0.15) is 65.2 Å². The van der Waals surface area contributed by atoms with E-state index in [1.165, 1.54) is 44.9 Å². The summed E-state index contributed by atoms with van der Waals surface area (Å²) >= 11 is 0. The Hall–Kier alpha value is -0.0400. The second-order valence-electron chi connectivity index (χ2n) is 3.96. The highest BCUT2D eigenvalue weighted by atomic mass is 16.5. The Bertz CT molecular complexity index is 101. The SMILES string of the molecule is [CH2]COC(CC)CCCCCCCC. The van der Waals surface area contributed by atoms with Crippen molar-refractivity contribution in [2.45, 2.75) is 71.3 Å². The van der Waals surface area contributed by atoms with Crippen LogP contribution in [0.5, 0.6) is 0 Å². The van der Waals surface area contributed by atoms with Gasteiger partial charge in [-0.25, -0.2) is 0 Å². The molecule has 1 atom stereocenters. The van der Waals surface area contributed by atoms with Crippen molar-refractivity contribution in [3.05, 3.63) is 6.92 Å². The molecule has 0 amide bonds. The zero-order chi connectivity index (χ0) is 10.6. The van der Waals surface area contributed by atoms with Crippen molar-refractivity contribution in [2.75, 3.05) is 6.61 Å². The molecular formula is C13H27O. The third kappa shape index (κ3) is 8.55. The molecular weight excluding hydrogens is 172 g/mol. The van der Waals surface area contributed by atoms with Crippen LogP contribution in [-0.4, -0.2) is 12.7 Å². The van der Waals surface area contributed by atoms with Crippen LogP contribution >= 0.6 is 0 Å². The fourth-order valence-corrected chi connectivity index (χ4v) is 1.72. The van der Waals surface area contributed by atoms with Gasteiger partial charge in [-0.3, -0.25) is 0 Å². The smallest absolute Gasteiger partial charge is 0.0572 e. The summed E-state index contributed by atoms with van der Waals surface area (Å²) in [5.74, 6) is 0. The largest absolute Gasteiger partial charge is 0.378 e. The molecule has 0 aliphatic rings. The van der Waals surface area contributed by atoms with Gasteiger partial charge in [0, 0.05) is 6.61 Å². The highest BCUT2D eigenvalue weighted by Crippen LogP contribution is 2.12. The molecule has 1 heteroatoms. The molecule has 0 aliphatic heterocycles. The van der Waals surface area contributed by atoms with Gasteiger partial charge in [0.2, 0.25) is 0 Å². The van der Waals surface area contributed by atoms with Crippen molar-refractivity contribution in [2.24, 2.45) is 0 Å². The predicted molar refractivity (Wildman–Crippen MR) is 63.4 cm³/mol. The van der Waals surface area contributed by atoms with Gasteiger partial charge in [0.1, 0.15) is 0 Å². The first-order valence-corrected chi connectivity index (χ1v) is 6.26. The summed E-state index contributed by atoms with van der Waals surface area (Å²) < 4.78 is 5.51. The van der Waals surface area contributed by atoms with Crippen molar-refractivity contribution in [1.29, 1.82) is 0 Å². The van der Waals surface area contributed by atoms with Gasteiger partial charge in [0.05, 0.1) is 6.10 Å². The molecule has 0 heterocycles. The van der Waals surface area contributed by atoms with E-state index in [0.29, 0.717) is 12.7 Å². The molecule has 0 spiro atoms. The molecule has 0 aromatic carbocycles. The minimum Gasteiger partial charge on any atom is -0.378 e. The first-order valence-electron chi connectivity index (χ1n) is 6.26. The zero-order valence-electron chi connectivity index (χ0n) is 10.1. The zero-order valence-corrected chi connectivity index (χ0v) is 10.1. The van der Waals surface area contributed by atoms with E-state index >= 15 is 0 Å². The molecule has 1 radical (unpaired) electrons. The highest BCUT2D eigenvalue weighted by Gasteiger charge is 2.04. The normalized spacial score (nSPS) is 13.1. The predicted octanol–water partition coefficient (Wildman–Crippen LogP) is 4.37. The minimum atomic E-state index is 0.457. The molecule has 0 bridgehead atoms. The van der Waals surface area contributed by atoms with Crippen LogP contribution in [0, 0.1) is 6.92 Å². The van der Waals surface area contributed by atoms with Gasteiger partial charge in [0.15, 0.2) is 0 Å². The number of hydrogen-bond donors (Lipinski definition) is 0. The summed E-state index contributed by atoms with van der Waals surface area (Å²) in [6.45, 7) is 8.79. The van der Waals surface area contributed by atoms with Crippen LogP contribution in [0.15, 0.2) is 0 Å². The summed E-state index contributed by atoms with van der Waals surface area (Å²) in [5.41, 5.74) is 0. The van der Waals surface area contributed by atoms with Crippen LogP contribution in [-0.2, 0) is 4.74 Å². The standard InChI is InChI=1S/C13H27O/c1-4-7-8-9-10-11-12-13(5-2)14-6-3/h13H,3-12H2,1-2H3. The molecule has 0 aromatic rings. The number of unbranched alkanes of at least 4 members (excludes halogenated alkanes) is 5. The van der Waals surface area contributed by atoms with Crippen LogP contribution in [0.2, 0.25) is 0 Å². The summed E-state index contributed by atoms with van der Waals surface area (Å²) in [6, 6.07) is 0. The molecule has 0 N–H and O–H groups in total. The van der Waals surface area contributed by atoms with Crippen molar-refractivity contribution in [1.82, 2.24) is 0 Å². The fraction of sp³-hybridized carbons (Fsp3) is 0.923. The molecule has 1 unspecified atom stereocenters. The fourth-order valence-electron chi connectivity index (χ4n) is 1.72. The van der Waals surface area contributed by atoms with E-state index in [0.717, 1.165) is 6.42 Å². The van der Waals surface area contributed by atoms with Crippen molar-refractivity contribution in [3.63, 3.8) is 0 Å². The van der Waals surface area contributed by atoms with E-state index < -0.39 is 0 Å². The summed E-state index contributed by atoms with van der Waals surface area (Å²) in [7, 11) is 0. The van der Waals surface area contributed by atoms with Crippen LogP contribution in [0.3, 0.4) is 0 Å². The van der Waals surface area contributed by atoms with E-state index in [2.05, 4.69) is 20.8 Å². The molecule has 0 aromatic heterocycles. The van der Waals surface area contributed by atoms with Gasteiger partial charge in [-0.2, -0.15) is 0 Å². The third-order valence-corrected chi connectivity index (χ3v) is 2.69. The van der Waals surface area contributed by atoms with E-state index in [9.17, 15) is 0 Å². The van der Waals surface area contributed by atoms with Crippen molar-refractivity contribution < 1.29 is 4.74 Å². The molecule has 85 valence electrons. The Morgan fingerprint density at radius 2 is 1.64 bits per heavy atom. The first-order chi connectivity index (χ1) is 6.85. The molecule has 0 aliphatic carbocycles. The molecule has 1 nitrogen and oxygen atoms in total. The molecule has 14 heavy (non-hydrogen) atoms. The Morgan fingerprint density at radius 3 is 2.21 bits per heavy atom. The van der Waals surface area contributed by atoms with Gasteiger partial charge in [-0.1, -0.05) is 52.4 Å². The Balaban J connectivity index is 3.15. The van der Waals surface area contributed by atoms with Gasteiger partial charge in [-0.05, 0) is 19.8 Å². The summed E-state index contributed by atoms with van der Waals surface area (Å²) in [6.07, 6.45) is 11.0. The van der Waals surface area contributed by atoms with E-state index in [-0.39, 0.29) is 0 Å². The van der Waals surface area contributed by atoms with Gasteiger partial charge in [-0.15, -0.1) is 0 Å². The maximum absolute atomic E-state index is 5.51. The summed E-state index contributed by atoms with van der Waals surface area (Å²) in [4.78, 5) is 0. The molecule has 0 fully saturated rings.